The van der Waals surface area contributed by atoms with E-state index in [2.05, 4.69) is 11.4 Å². The van der Waals surface area contributed by atoms with Gasteiger partial charge in [-0.3, -0.25) is 0 Å². The second-order valence-corrected chi connectivity index (χ2v) is 6.04. The molecular weight excluding hydrogens is 278 g/mol. The average Bonchev–Trinajstić information content (AvgIpc) is 2.52. The topological polar surface area (TPSA) is 44.3 Å². The van der Waals surface area contributed by atoms with Crippen LogP contribution in [0.15, 0.2) is 12.1 Å². The third-order valence-corrected chi connectivity index (χ3v) is 4.61. The van der Waals surface area contributed by atoms with Crippen LogP contribution in [0.5, 0.6) is 17.2 Å². The first-order valence-corrected chi connectivity index (χ1v) is 8.41. The molecule has 0 radical (unpaired) electrons. The monoisotopic (exact) mass is 308 g/mol. The zero-order chi connectivity index (χ0) is 15.8. The lowest BCUT2D eigenvalue weighted by Crippen LogP contribution is -2.88. The summed E-state index contributed by atoms with van der Waals surface area (Å²) in [5.41, 5.74) is 1.17. The molecule has 0 unspecified atom stereocenters. The Bertz CT molecular complexity index is 454. The van der Waals surface area contributed by atoms with E-state index < -0.39 is 0 Å². The average molecular weight is 308 g/mol. The van der Waals surface area contributed by atoms with Gasteiger partial charge < -0.3 is 19.5 Å². The number of quaternary nitrogens is 1. The minimum atomic E-state index is 0.688. The third kappa shape index (κ3) is 4.29. The molecule has 1 fully saturated rings. The summed E-state index contributed by atoms with van der Waals surface area (Å²) < 4.78 is 16.4. The molecule has 0 aromatic heterocycles. The SMILES string of the molecule is COc1ccc(C[NH2+]C2CCCCCCC2)c(OC)c1OC. The fourth-order valence-electron chi connectivity index (χ4n) is 3.34. The lowest BCUT2D eigenvalue weighted by Gasteiger charge is -2.20. The summed E-state index contributed by atoms with van der Waals surface area (Å²) in [6.07, 6.45) is 9.59. The van der Waals surface area contributed by atoms with E-state index in [1.807, 2.05) is 6.07 Å². The highest BCUT2D eigenvalue weighted by atomic mass is 16.5. The number of rotatable bonds is 6. The van der Waals surface area contributed by atoms with Gasteiger partial charge in [-0.15, -0.1) is 0 Å². The van der Waals surface area contributed by atoms with E-state index in [1.165, 1.54) is 50.5 Å². The number of hydrogen-bond donors (Lipinski definition) is 1. The van der Waals surface area contributed by atoms with Gasteiger partial charge in [0.05, 0.1) is 32.9 Å². The Morgan fingerprint density at radius 3 is 2.09 bits per heavy atom. The molecule has 0 amide bonds. The number of hydrogen-bond acceptors (Lipinski definition) is 3. The van der Waals surface area contributed by atoms with Gasteiger partial charge >= 0.3 is 0 Å². The van der Waals surface area contributed by atoms with Crippen LogP contribution in [0.4, 0.5) is 0 Å². The van der Waals surface area contributed by atoms with Crippen LogP contribution in [0.25, 0.3) is 0 Å². The van der Waals surface area contributed by atoms with Crippen LogP contribution < -0.4 is 19.5 Å². The van der Waals surface area contributed by atoms with Gasteiger partial charge in [0.15, 0.2) is 11.5 Å². The largest absolute Gasteiger partial charge is 0.493 e. The summed E-state index contributed by atoms with van der Waals surface area (Å²) >= 11 is 0. The highest BCUT2D eigenvalue weighted by Crippen LogP contribution is 2.39. The summed E-state index contributed by atoms with van der Waals surface area (Å²) in [6, 6.07) is 4.78. The smallest absolute Gasteiger partial charge is 0.203 e. The summed E-state index contributed by atoms with van der Waals surface area (Å²) in [4.78, 5) is 0. The highest BCUT2D eigenvalue weighted by Gasteiger charge is 2.19. The van der Waals surface area contributed by atoms with Crippen molar-refractivity contribution in [1.82, 2.24) is 0 Å². The molecular formula is C18H30NO3+. The van der Waals surface area contributed by atoms with Crippen LogP contribution in [0, 0.1) is 0 Å². The van der Waals surface area contributed by atoms with Crippen molar-refractivity contribution < 1.29 is 19.5 Å². The minimum Gasteiger partial charge on any atom is -0.493 e. The van der Waals surface area contributed by atoms with Gasteiger partial charge in [0, 0.05) is 0 Å². The Morgan fingerprint density at radius 2 is 1.50 bits per heavy atom. The second kappa shape index (κ2) is 8.89. The molecule has 1 aromatic carbocycles. The van der Waals surface area contributed by atoms with Crippen LogP contribution >= 0.6 is 0 Å². The van der Waals surface area contributed by atoms with Crippen molar-refractivity contribution in [3.63, 3.8) is 0 Å². The van der Waals surface area contributed by atoms with Crippen LogP contribution in [0.3, 0.4) is 0 Å². The van der Waals surface area contributed by atoms with Crippen molar-refractivity contribution in [3.8, 4) is 17.2 Å². The molecule has 0 atom stereocenters. The van der Waals surface area contributed by atoms with E-state index in [-0.39, 0.29) is 0 Å². The van der Waals surface area contributed by atoms with Crippen LogP contribution in [0.1, 0.15) is 50.5 Å². The summed E-state index contributed by atoms with van der Waals surface area (Å²) in [6.45, 7) is 0.925. The summed E-state index contributed by atoms with van der Waals surface area (Å²) in [7, 11) is 5.00. The molecule has 124 valence electrons. The molecule has 1 aliphatic carbocycles. The molecule has 0 bridgehead atoms. The van der Waals surface area contributed by atoms with Gasteiger partial charge in [-0.25, -0.2) is 0 Å². The first kappa shape index (κ1) is 16.9. The van der Waals surface area contributed by atoms with E-state index in [0.717, 1.165) is 18.3 Å². The first-order valence-electron chi connectivity index (χ1n) is 8.41. The van der Waals surface area contributed by atoms with Crippen molar-refractivity contribution >= 4 is 0 Å². The van der Waals surface area contributed by atoms with Crippen molar-refractivity contribution in [1.29, 1.82) is 0 Å². The Kier molecular flexibility index (Phi) is 6.84. The molecule has 4 nitrogen and oxygen atoms in total. The Hall–Kier alpha value is -1.42. The molecule has 0 aliphatic heterocycles. The number of ether oxygens (including phenoxy) is 3. The van der Waals surface area contributed by atoms with Gasteiger partial charge in [-0.2, -0.15) is 0 Å². The van der Waals surface area contributed by atoms with Crippen molar-refractivity contribution in [2.45, 2.75) is 57.5 Å². The van der Waals surface area contributed by atoms with E-state index in [4.69, 9.17) is 14.2 Å². The van der Waals surface area contributed by atoms with Crippen molar-refractivity contribution in [3.05, 3.63) is 17.7 Å². The van der Waals surface area contributed by atoms with Crippen LogP contribution in [-0.4, -0.2) is 27.4 Å². The Labute approximate surface area is 134 Å². The van der Waals surface area contributed by atoms with E-state index in [1.54, 1.807) is 21.3 Å². The maximum Gasteiger partial charge on any atom is 0.203 e. The maximum absolute atomic E-state index is 5.57. The molecule has 1 aromatic rings. The quantitative estimate of drug-likeness (QED) is 0.879. The predicted molar refractivity (Wildman–Crippen MR) is 87.8 cm³/mol. The third-order valence-electron chi connectivity index (χ3n) is 4.61. The van der Waals surface area contributed by atoms with Crippen LogP contribution in [0.2, 0.25) is 0 Å². The zero-order valence-corrected chi connectivity index (χ0v) is 14.2. The normalized spacial score (nSPS) is 16.7. The van der Waals surface area contributed by atoms with Gasteiger partial charge in [-0.1, -0.05) is 19.3 Å². The Balaban J connectivity index is 2.05. The molecule has 1 aliphatic rings. The van der Waals surface area contributed by atoms with E-state index >= 15 is 0 Å². The first-order chi connectivity index (χ1) is 10.8. The van der Waals surface area contributed by atoms with Crippen LogP contribution in [-0.2, 0) is 6.54 Å². The molecule has 1 saturated carbocycles. The molecule has 0 saturated heterocycles. The lowest BCUT2D eigenvalue weighted by molar-refractivity contribution is -0.706. The second-order valence-electron chi connectivity index (χ2n) is 6.04. The fraction of sp³-hybridized carbons (Fsp3) is 0.667. The van der Waals surface area contributed by atoms with Gasteiger partial charge in [0.2, 0.25) is 5.75 Å². The molecule has 0 spiro atoms. The predicted octanol–water partition coefficient (Wildman–Crippen LogP) is 2.89. The molecule has 0 heterocycles. The van der Waals surface area contributed by atoms with Gasteiger partial charge in [-0.05, 0) is 37.8 Å². The molecule has 4 heteroatoms. The van der Waals surface area contributed by atoms with Gasteiger partial charge in [0.1, 0.15) is 6.54 Å². The van der Waals surface area contributed by atoms with Crippen molar-refractivity contribution in [2.24, 2.45) is 0 Å². The number of benzene rings is 1. The maximum atomic E-state index is 5.57. The lowest BCUT2D eigenvalue weighted by atomic mass is 9.96. The molecule has 2 N–H and O–H groups in total. The molecule has 22 heavy (non-hydrogen) atoms. The van der Waals surface area contributed by atoms with Crippen molar-refractivity contribution in [2.75, 3.05) is 21.3 Å². The highest BCUT2D eigenvalue weighted by molar-refractivity contribution is 5.55. The summed E-state index contributed by atoms with van der Waals surface area (Å²) in [5.74, 6) is 2.20. The summed E-state index contributed by atoms with van der Waals surface area (Å²) in [5, 5.41) is 2.47. The number of methoxy groups -OCH3 is 3. The zero-order valence-electron chi connectivity index (χ0n) is 14.2. The van der Waals surface area contributed by atoms with Gasteiger partial charge in [0.25, 0.3) is 0 Å². The minimum absolute atomic E-state index is 0.688. The fourth-order valence-corrected chi connectivity index (χ4v) is 3.34. The van der Waals surface area contributed by atoms with E-state index in [0.29, 0.717) is 11.5 Å². The Morgan fingerprint density at radius 1 is 0.864 bits per heavy atom. The number of nitrogens with two attached hydrogens (primary N) is 1. The standard InChI is InChI=1S/C18H29NO3/c1-20-16-12-11-14(17(21-2)18(16)22-3)13-19-15-9-7-5-4-6-8-10-15/h11-12,15,19H,4-10,13H2,1-3H3/p+1. The molecule has 2 rings (SSSR count). The van der Waals surface area contributed by atoms with E-state index in [9.17, 15) is 0 Å².